The molecule has 0 fully saturated rings. The average molecular weight is 837 g/mol. The maximum atomic E-state index is 5.49. The van der Waals surface area contributed by atoms with Crippen molar-refractivity contribution < 1.29 is 0 Å². The summed E-state index contributed by atoms with van der Waals surface area (Å²) in [7, 11) is 0. The van der Waals surface area contributed by atoms with Gasteiger partial charge >= 0.3 is 0 Å². The number of benzene rings is 11. The van der Waals surface area contributed by atoms with Gasteiger partial charge in [0.2, 0.25) is 0 Å². The molecular formula is C62H36N4. The van der Waals surface area contributed by atoms with Crippen molar-refractivity contribution in [1.29, 1.82) is 0 Å². The lowest BCUT2D eigenvalue weighted by atomic mass is 9.93. The molecule has 66 heavy (non-hydrogen) atoms. The fourth-order valence-corrected chi connectivity index (χ4v) is 11.4. The Balaban J connectivity index is 0.944. The monoisotopic (exact) mass is 836 g/mol. The van der Waals surface area contributed by atoms with Crippen molar-refractivity contribution in [1.82, 2.24) is 19.1 Å². The van der Waals surface area contributed by atoms with Crippen LogP contribution in [0.15, 0.2) is 218 Å². The van der Waals surface area contributed by atoms with E-state index in [0.29, 0.717) is 0 Å². The van der Waals surface area contributed by atoms with Crippen molar-refractivity contribution in [3.05, 3.63) is 218 Å². The first kappa shape index (κ1) is 35.6. The zero-order valence-corrected chi connectivity index (χ0v) is 35.6. The van der Waals surface area contributed by atoms with E-state index in [0.717, 1.165) is 55.7 Å². The van der Waals surface area contributed by atoms with Gasteiger partial charge in [-0.15, -0.1) is 0 Å². The topological polar surface area (TPSA) is 35.6 Å². The van der Waals surface area contributed by atoms with Crippen LogP contribution in [0.5, 0.6) is 0 Å². The average Bonchev–Trinajstić information content (AvgIpc) is 4.01. The van der Waals surface area contributed by atoms with Crippen molar-refractivity contribution >= 4 is 87.0 Å². The minimum atomic E-state index is 0.873. The molecule has 0 spiro atoms. The van der Waals surface area contributed by atoms with Gasteiger partial charge in [-0.3, -0.25) is 0 Å². The number of hydrogen-bond acceptors (Lipinski definition) is 2. The Morgan fingerprint density at radius 2 is 0.773 bits per heavy atom. The first-order valence-electron chi connectivity index (χ1n) is 22.7. The lowest BCUT2D eigenvalue weighted by Gasteiger charge is -2.17. The molecule has 0 saturated heterocycles. The summed E-state index contributed by atoms with van der Waals surface area (Å²) in [5.41, 5.74) is 17.8. The van der Waals surface area contributed by atoms with Gasteiger partial charge < -0.3 is 9.13 Å². The Bertz CT molecular complexity index is 4330. The predicted octanol–water partition coefficient (Wildman–Crippen LogP) is 16.3. The van der Waals surface area contributed by atoms with Gasteiger partial charge in [-0.1, -0.05) is 152 Å². The molecule has 3 heterocycles. The van der Waals surface area contributed by atoms with Gasteiger partial charge in [0.15, 0.2) is 0 Å². The molecule has 4 heteroatoms. The maximum absolute atomic E-state index is 5.49. The lowest BCUT2D eigenvalue weighted by Crippen LogP contribution is -1.99. The van der Waals surface area contributed by atoms with Crippen molar-refractivity contribution in [2.45, 2.75) is 0 Å². The van der Waals surface area contributed by atoms with Gasteiger partial charge in [0.25, 0.3) is 0 Å². The van der Waals surface area contributed by atoms with Crippen LogP contribution < -0.4 is 0 Å². The second kappa shape index (κ2) is 13.3. The smallest absolute Gasteiger partial charge is 0.0979 e. The number of para-hydroxylation sites is 5. The normalized spacial score (nSPS) is 12.2. The summed E-state index contributed by atoms with van der Waals surface area (Å²) in [4.78, 5) is 11.0. The maximum Gasteiger partial charge on any atom is 0.0979 e. The quantitative estimate of drug-likeness (QED) is 0.177. The highest BCUT2D eigenvalue weighted by molar-refractivity contribution is 6.20. The van der Waals surface area contributed by atoms with Crippen LogP contribution in [0.1, 0.15) is 0 Å². The van der Waals surface area contributed by atoms with E-state index >= 15 is 0 Å². The zero-order valence-electron chi connectivity index (χ0n) is 35.6. The van der Waals surface area contributed by atoms with Crippen LogP contribution in [0.3, 0.4) is 0 Å². The van der Waals surface area contributed by atoms with Gasteiger partial charge in [-0.05, 0) is 116 Å². The number of rotatable bonds is 4. The Morgan fingerprint density at radius 3 is 1.47 bits per heavy atom. The third-order valence-corrected chi connectivity index (χ3v) is 14.2. The van der Waals surface area contributed by atoms with Crippen molar-refractivity contribution in [2.24, 2.45) is 0 Å². The molecule has 1 aliphatic rings. The molecule has 0 bridgehead atoms. The molecule has 0 unspecified atom stereocenters. The van der Waals surface area contributed by atoms with E-state index in [9.17, 15) is 0 Å². The van der Waals surface area contributed by atoms with Gasteiger partial charge in [0, 0.05) is 43.7 Å². The Hall–Kier alpha value is -8.86. The second-order valence-corrected chi connectivity index (χ2v) is 17.6. The molecule has 0 aliphatic heterocycles. The van der Waals surface area contributed by atoms with Crippen molar-refractivity contribution in [3.8, 4) is 56.1 Å². The number of nitrogens with zero attached hydrogens (tertiary/aromatic N) is 4. The molecular weight excluding hydrogens is 801 g/mol. The molecule has 0 N–H and O–H groups in total. The molecule has 0 radical (unpaired) electrons. The summed E-state index contributed by atoms with van der Waals surface area (Å²) in [6, 6.07) is 79.6. The number of fused-ring (bicyclic) bond motifs is 12. The Labute approximate surface area is 378 Å². The van der Waals surface area contributed by atoms with E-state index in [1.54, 1.807) is 0 Å². The third kappa shape index (κ3) is 4.87. The van der Waals surface area contributed by atoms with E-state index in [2.05, 4.69) is 228 Å². The standard InChI is InChI=1S/C62H36N4/c1-2-15-41-40(14-1)47-21-13-22-48-51(31-30-49(41)60(47)48)62-61(63-53-23-8-9-24-54(53)64-62)50-32-33-58(43-17-4-3-16-42(43)50)66-57-27-12-7-20-46(57)52-35-38-34-39(29-28-37(38)36-59(52)66)65-55-25-10-5-18-44(55)45-19-6-11-26-56(45)65/h1-36H. The third-order valence-electron chi connectivity index (χ3n) is 14.2. The minimum absolute atomic E-state index is 0.873. The molecule has 4 nitrogen and oxygen atoms in total. The molecule has 0 atom stereocenters. The summed E-state index contributed by atoms with van der Waals surface area (Å²) in [6.07, 6.45) is 0. The highest BCUT2D eigenvalue weighted by atomic mass is 15.0. The van der Waals surface area contributed by atoms with E-state index in [4.69, 9.17) is 9.97 Å². The highest BCUT2D eigenvalue weighted by Crippen LogP contribution is 2.50. The van der Waals surface area contributed by atoms with E-state index in [-0.39, 0.29) is 0 Å². The number of hydrogen-bond donors (Lipinski definition) is 0. The molecule has 11 aromatic carbocycles. The molecule has 3 aromatic heterocycles. The molecule has 304 valence electrons. The molecule has 0 saturated carbocycles. The van der Waals surface area contributed by atoms with Crippen LogP contribution in [0.4, 0.5) is 0 Å². The Morgan fingerprint density at radius 1 is 0.273 bits per heavy atom. The van der Waals surface area contributed by atoms with E-state index in [1.165, 1.54) is 87.4 Å². The fourth-order valence-electron chi connectivity index (χ4n) is 11.4. The highest BCUT2D eigenvalue weighted by Gasteiger charge is 2.26. The van der Waals surface area contributed by atoms with Crippen molar-refractivity contribution in [3.63, 3.8) is 0 Å². The summed E-state index contributed by atoms with van der Waals surface area (Å²) < 4.78 is 4.87. The summed E-state index contributed by atoms with van der Waals surface area (Å²) in [5, 5.41) is 12.1. The zero-order chi connectivity index (χ0) is 43.0. The minimum Gasteiger partial charge on any atom is -0.309 e. The summed E-state index contributed by atoms with van der Waals surface area (Å²) in [5.74, 6) is 0. The summed E-state index contributed by atoms with van der Waals surface area (Å²) >= 11 is 0. The summed E-state index contributed by atoms with van der Waals surface area (Å²) in [6.45, 7) is 0. The molecule has 15 rings (SSSR count). The second-order valence-electron chi connectivity index (χ2n) is 17.6. The van der Waals surface area contributed by atoms with Gasteiger partial charge in [-0.25, -0.2) is 9.97 Å². The van der Waals surface area contributed by atoms with Gasteiger partial charge in [0.05, 0.1) is 50.2 Å². The first-order valence-corrected chi connectivity index (χ1v) is 22.7. The van der Waals surface area contributed by atoms with Gasteiger partial charge in [0.1, 0.15) is 0 Å². The SMILES string of the molecule is c1ccc2c(c1)-c1cccc3c(-c4nc5ccccc5nc4-c4ccc(-n5c6ccccc6c6cc7cc(-n8c9ccccc9c9ccccc98)ccc7cc65)c5ccccc45)ccc-2c13. The van der Waals surface area contributed by atoms with Gasteiger partial charge in [-0.2, -0.15) is 0 Å². The van der Waals surface area contributed by atoms with Crippen LogP contribution >= 0.6 is 0 Å². The first-order chi connectivity index (χ1) is 32.7. The van der Waals surface area contributed by atoms with Crippen molar-refractivity contribution in [2.75, 3.05) is 0 Å². The largest absolute Gasteiger partial charge is 0.309 e. The van der Waals surface area contributed by atoms with Crippen LogP contribution in [-0.4, -0.2) is 19.1 Å². The Kier molecular flexibility index (Phi) is 7.19. The van der Waals surface area contributed by atoms with Crippen LogP contribution in [0, 0.1) is 0 Å². The lowest BCUT2D eigenvalue weighted by molar-refractivity contribution is 1.18. The number of aromatic nitrogens is 4. The molecule has 14 aromatic rings. The van der Waals surface area contributed by atoms with E-state index in [1.807, 2.05) is 0 Å². The van der Waals surface area contributed by atoms with Crippen LogP contribution in [0.25, 0.3) is 143 Å². The molecule has 0 amide bonds. The van der Waals surface area contributed by atoms with Crippen LogP contribution in [0.2, 0.25) is 0 Å². The van der Waals surface area contributed by atoms with E-state index < -0.39 is 0 Å². The fraction of sp³-hybridized carbons (Fsp3) is 0. The predicted molar refractivity (Wildman–Crippen MR) is 276 cm³/mol. The molecule has 1 aliphatic carbocycles. The van der Waals surface area contributed by atoms with Crippen LogP contribution in [-0.2, 0) is 0 Å².